The van der Waals surface area contributed by atoms with Crippen LogP contribution in [0, 0.1) is 0 Å². The number of aliphatic hydroxyl groups is 11. The average molecular weight is 1470 g/mol. The second-order valence-electron chi connectivity index (χ2n) is 31.0. The first-order valence-electron chi connectivity index (χ1n) is 43.1. The van der Waals surface area contributed by atoms with Crippen LogP contribution in [0.3, 0.4) is 0 Å². The minimum atomic E-state index is -1.98. The summed E-state index contributed by atoms with van der Waals surface area (Å²) in [5, 5.41) is 121. The fourth-order valence-corrected chi connectivity index (χ4v) is 14.9. The van der Waals surface area contributed by atoms with E-state index in [1.807, 2.05) is 6.08 Å². The molecule has 12 N–H and O–H groups in total. The van der Waals surface area contributed by atoms with Crippen molar-refractivity contribution in [1.82, 2.24) is 5.32 Å². The van der Waals surface area contributed by atoms with Gasteiger partial charge in [0, 0.05) is 6.42 Å². The Labute approximate surface area is 626 Å². The van der Waals surface area contributed by atoms with Crippen LogP contribution in [0.1, 0.15) is 373 Å². The lowest BCUT2D eigenvalue weighted by molar-refractivity contribution is -0.379. The van der Waals surface area contributed by atoms with Crippen LogP contribution in [0.4, 0.5) is 0 Å². The Bertz CT molecular complexity index is 1950. The molecule has 0 aliphatic carbocycles. The second-order valence-corrected chi connectivity index (χ2v) is 31.0. The van der Waals surface area contributed by atoms with Crippen molar-refractivity contribution in [1.29, 1.82) is 0 Å². The Morgan fingerprint density at radius 2 is 0.621 bits per heavy atom. The molecule has 19 heteroatoms. The van der Waals surface area contributed by atoms with Gasteiger partial charge in [0.2, 0.25) is 5.91 Å². The number of nitrogens with one attached hydrogen (secondary N) is 1. The zero-order valence-corrected chi connectivity index (χ0v) is 65.3. The summed E-state index contributed by atoms with van der Waals surface area (Å²) in [4.78, 5) is 13.5. The molecule has 0 bridgehead atoms. The molecule has 3 saturated heterocycles. The van der Waals surface area contributed by atoms with Gasteiger partial charge in [0.1, 0.15) is 73.2 Å². The van der Waals surface area contributed by atoms with E-state index in [1.54, 1.807) is 6.08 Å². The molecule has 103 heavy (non-hydrogen) atoms. The van der Waals surface area contributed by atoms with Crippen molar-refractivity contribution in [2.45, 2.75) is 478 Å². The molecule has 3 heterocycles. The molecule has 0 aromatic carbocycles. The van der Waals surface area contributed by atoms with Crippen molar-refractivity contribution < 1.29 is 89.4 Å². The number of ether oxygens (including phenoxy) is 6. The average Bonchev–Trinajstić information content (AvgIpc) is 0.781. The van der Waals surface area contributed by atoms with Crippen LogP contribution in [0.2, 0.25) is 0 Å². The molecule has 608 valence electrons. The predicted octanol–water partition coefficient (Wildman–Crippen LogP) is 15.3. The van der Waals surface area contributed by atoms with Crippen LogP contribution in [-0.2, 0) is 33.2 Å². The van der Waals surface area contributed by atoms with Gasteiger partial charge in [0.15, 0.2) is 18.9 Å². The molecule has 1 amide bonds. The lowest BCUT2D eigenvalue weighted by atomic mass is 9.96. The van der Waals surface area contributed by atoms with Gasteiger partial charge in [0.25, 0.3) is 0 Å². The van der Waals surface area contributed by atoms with Crippen LogP contribution in [0.25, 0.3) is 0 Å². The molecule has 0 aromatic rings. The minimum absolute atomic E-state index is 0.241. The second kappa shape index (κ2) is 65.0. The fourth-order valence-electron chi connectivity index (χ4n) is 14.9. The first-order valence-corrected chi connectivity index (χ1v) is 43.1. The fraction of sp³-hybridized carbons (Fsp3) is 0.940. The molecule has 0 aromatic heterocycles. The van der Waals surface area contributed by atoms with E-state index in [0.717, 1.165) is 38.5 Å². The van der Waals surface area contributed by atoms with E-state index in [0.29, 0.717) is 12.8 Å². The van der Waals surface area contributed by atoms with Gasteiger partial charge in [-0.15, -0.1) is 0 Å². The maximum atomic E-state index is 13.5. The molecule has 3 rings (SSSR count). The zero-order valence-electron chi connectivity index (χ0n) is 65.3. The maximum Gasteiger partial charge on any atom is 0.220 e. The number of allylic oxidation sites excluding steroid dienone is 3. The number of hydrogen-bond donors (Lipinski definition) is 12. The quantitative estimate of drug-likeness (QED) is 0.0199. The van der Waals surface area contributed by atoms with Crippen molar-refractivity contribution in [2.75, 3.05) is 26.4 Å². The summed E-state index contributed by atoms with van der Waals surface area (Å²) in [5.41, 5.74) is 0. The topological polar surface area (TPSA) is 307 Å². The number of amides is 1. The highest BCUT2D eigenvalue weighted by Crippen LogP contribution is 2.33. The van der Waals surface area contributed by atoms with Gasteiger partial charge in [-0.05, 0) is 32.1 Å². The van der Waals surface area contributed by atoms with E-state index in [-0.39, 0.29) is 18.9 Å². The van der Waals surface area contributed by atoms with Crippen LogP contribution >= 0.6 is 0 Å². The number of carbonyl (C=O) groups is 1. The van der Waals surface area contributed by atoms with Crippen LogP contribution in [0.5, 0.6) is 0 Å². The highest BCUT2D eigenvalue weighted by molar-refractivity contribution is 5.76. The Balaban J connectivity index is 1.29. The molecule has 0 spiro atoms. The Kier molecular flexibility index (Phi) is 60.3. The molecular formula is C84H159NO18. The molecule has 0 saturated carbocycles. The minimum Gasteiger partial charge on any atom is -0.394 e. The molecule has 19 nitrogen and oxygen atoms in total. The molecule has 3 aliphatic heterocycles. The van der Waals surface area contributed by atoms with E-state index in [4.69, 9.17) is 28.4 Å². The maximum absolute atomic E-state index is 13.5. The zero-order chi connectivity index (χ0) is 74.6. The SMILES string of the molecule is CCCCCCCCCCCCCC/C=C/CC/C=C/C(O)C(COC1OC(CO)C(OC2OC(CO)C(OC3OC(CO)C(O)C(O)C3O)C(O)C2O)C(O)C1O)NC(=O)CCCCCCCCCCCCCCCCCCCCCCCCCCCCCCCCCCCCCCCCCC. The third-order valence-electron chi connectivity index (χ3n) is 21.8. The highest BCUT2D eigenvalue weighted by atomic mass is 16.8. The van der Waals surface area contributed by atoms with E-state index in [2.05, 4.69) is 31.3 Å². The van der Waals surface area contributed by atoms with Crippen molar-refractivity contribution in [2.24, 2.45) is 0 Å². The monoisotopic (exact) mass is 1470 g/mol. The van der Waals surface area contributed by atoms with Gasteiger partial charge in [-0.2, -0.15) is 0 Å². The summed E-state index contributed by atoms with van der Waals surface area (Å²) in [6.07, 6.45) is 53.6. The summed E-state index contributed by atoms with van der Waals surface area (Å²) in [6, 6.07) is -0.988. The molecule has 3 aliphatic rings. The molecule has 0 radical (unpaired) electrons. The van der Waals surface area contributed by atoms with Crippen molar-refractivity contribution in [3.63, 3.8) is 0 Å². The lowest BCUT2D eigenvalue weighted by Gasteiger charge is -2.48. The van der Waals surface area contributed by atoms with Gasteiger partial charge in [-0.25, -0.2) is 0 Å². The van der Waals surface area contributed by atoms with Gasteiger partial charge in [0.05, 0.1) is 38.6 Å². The third kappa shape index (κ3) is 44.6. The predicted molar refractivity (Wildman–Crippen MR) is 411 cm³/mol. The lowest BCUT2D eigenvalue weighted by Crippen LogP contribution is -2.66. The van der Waals surface area contributed by atoms with E-state index < -0.39 is 124 Å². The molecular weight excluding hydrogens is 1310 g/mol. The molecule has 17 atom stereocenters. The summed E-state index contributed by atoms with van der Waals surface area (Å²) >= 11 is 0. The van der Waals surface area contributed by atoms with Gasteiger partial charge >= 0.3 is 0 Å². The first kappa shape index (κ1) is 95.5. The summed E-state index contributed by atoms with van der Waals surface area (Å²) in [5.74, 6) is -0.277. The Morgan fingerprint density at radius 1 is 0.340 bits per heavy atom. The summed E-state index contributed by atoms with van der Waals surface area (Å²) in [6.45, 7) is 1.77. The van der Waals surface area contributed by atoms with E-state index in [1.165, 1.54) is 302 Å². The van der Waals surface area contributed by atoms with Crippen molar-refractivity contribution in [3.8, 4) is 0 Å². The number of rotatable bonds is 70. The van der Waals surface area contributed by atoms with Gasteiger partial charge in [-0.1, -0.05) is 359 Å². The standard InChI is InChI=1S/C84H159NO18/c1-3-5-7-9-11-13-15-17-19-21-23-24-25-26-27-28-29-30-31-32-33-34-35-36-37-38-39-40-41-42-43-44-46-48-50-52-54-56-58-60-62-72(90)85-67(68(89)61-59-57-55-53-51-49-47-45-22-20-18-16-14-12-10-8-6-4-2)66-98-82-78(96)75(93)80(70(64-87)100-82)103-84-79(97)76(94)81(71(65-88)101-84)102-83-77(95)74(92)73(91)69(63-86)99-83/h51,53,59,61,67-71,73-84,86-89,91-97H,3-50,52,54-58,60,62-66H2,1-2H3,(H,85,90)/b53-51+,61-59+. The molecule has 17 unspecified atom stereocenters. The van der Waals surface area contributed by atoms with Crippen molar-refractivity contribution >= 4 is 5.91 Å². The van der Waals surface area contributed by atoms with Crippen LogP contribution in [0.15, 0.2) is 24.3 Å². The number of carbonyl (C=O) groups excluding carboxylic acids is 1. The van der Waals surface area contributed by atoms with E-state index in [9.17, 15) is 61.0 Å². The largest absolute Gasteiger partial charge is 0.394 e. The van der Waals surface area contributed by atoms with Gasteiger partial charge in [-0.3, -0.25) is 4.79 Å². The number of unbranched alkanes of at least 4 members (excludes halogenated alkanes) is 52. The normalized spacial score (nSPS) is 26.1. The summed E-state index contributed by atoms with van der Waals surface area (Å²) in [7, 11) is 0. The smallest absolute Gasteiger partial charge is 0.220 e. The highest BCUT2D eigenvalue weighted by Gasteiger charge is 2.54. The van der Waals surface area contributed by atoms with Crippen molar-refractivity contribution in [3.05, 3.63) is 24.3 Å². The Morgan fingerprint density at radius 3 is 0.971 bits per heavy atom. The van der Waals surface area contributed by atoms with Crippen LogP contribution in [-0.4, -0.2) is 193 Å². The van der Waals surface area contributed by atoms with Crippen LogP contribution < -0.4 is 5.32 Å². The van der Waals surface area contributed by atoms with E-state index >= 15 is 0 Å². The summed E-state index contributed by atoms with van der Waals surface area (Å²) < 4.78 is 34.4. The number of hydrogen-bond acceptors (Lipinski definition) is 18. The number of aliphatic hydroxyl groups excluding tert-OH is 11. The first-order chi connectivity index (χ1) is 50.3. The third-order valence-corrected chi connectivity index (χ3v) is 21.8. The Hall–Kier alpha value is -1.73. The van der Waals surface area contributed by atoms with Gasteiger partial charge < -0.3 is 89.9 Å². The molecule has 3 fully saturated rings.